The van der Waals surface area contributed by atoms with Gasteiger partial charge in [-0.1, -0.05) is 19.1 Å². The molecule has 0 amide bonds. The average Bonchev–Trinajstić information content (AvgIpc) is 2.86. The molecule has 18 heavy (non-hydrogen) atoms. The summed E-state index contributed by atoms with van der Waals surface area (Å²) in [4.78, 5) is 2.51. The van der Waals surface area contributed by atoms with Gasteiger partial charge in [0.2, 0.25) is 0 Å². The SMILES string of the molecule is CCCNC(C)c1ccc(-c2ccc(F)cc2)s1. The van der Waals surface area contributed by atoms with Crippen molar-refractivity contribution in [2.75, 3.05) is 6.54 Å². The first-order valence-electron chi connectivity index (χ1n) is 6.29. The van der Waals surface area contributed by atoms with Crippen LogP contribution < -0.4 is 5.32 Å². The van der Waals surface area contributed by atoms with E-state index in [0.717, 1.165) is 18.5 Å². The molecule has 1 aromatic heterocycles. The van der Waals surface area contributed by atoms with Gasteiger partial charge in [0.05, 0.1) is 0 Å². The summed E-state index contributed by atoms with van der Waals surface area (Å²) in [5.41, 5.74) is 1.08. The van der Waals surface area contributed by atoms with Crippen LogP contribution in [0.25, 0.3) is 10.4 Å². The third-order valence-corrected chi connectivity index (χ3v) is 4.20. The fourth-order valence-corrected chi connectivity index (χ4v) is 2.86. The monoisotopic (exact) mass is 263 g/mol. The van der Waals surface area contributed by atoms with Crippen LogP contribution in [0.4, 0.5) is 4.39 Å². The number of halogens is 1. The van der Waals surface area contributed by atoms with E-state index in [2.05, 4.69) is 31.3 Å². The van der Waals surface area contributed by atoms with Crippen LogP contribution in [0.15, 0.2) is 36.4 Å². The molecule has 1 N–H and O–H groups in total. The maximum absolute atomic E-state index is 12.9. The normalized spacial score (nSPS) is 12.6. The van der Waals surface area contributed by atoms with Crippen molar-refractivity contribution < 1.29 is 4.39 Å². The molecule has 0 aliphatic carbocycles. The highest BCUT2D eigenvalue weighted by Crippen LogP contribution is 2.31. The Labute approximate surface area is 112 Å². The van der Waals surface area contributed by atoms with Gasteiger partial charge in [-0.2, -0.15) is 0 Å². The molecular weight excluding hydrogens is 245 g/mol. The fraction of sp³-hybridized carbons (Fsp3) is 0.333. The predicted molar refractivity (Wildman–Crippen MR) is 76.4 cm³/mol. The lowest BCUT2D eigenvalue weighted by Gasteiger charge is -2.10. The maximum atomic E-state index is 12.9. The third kappa shape index (κ3) is 3.18. The van der Waals surface area contributed by atoms with E-state index < -0.39 is 0 Å². The van der Waals surface area contributed by atoms with Crippen molar-refractivity contribution in [2.45, 2.75) is 26.3 Å². The molecule has 0 saturated heterocycles. The Morgan fingerprint density at radius 2 is 1.89 bits per heavy atom. The molecule has 0 aliphatic heterocycles. The Morgan fingerprint density at radius 3 is 2.56 bits per heavy atom. The molecule has 96 valence electrons. The fourth-order valence-electron chi connectivity index (χ4n) is 1.82. The second kappa shape index (κ2) is 6.12. The Kier molecular flexibility index (Phi) is 4.50. The van der Waals surface area contributed by atoms with Crippen LogP contribution >= 0.6 is 11.3 Å². The summed E-state index contributed by atoms with van der Waals surface area (Å²) in [5, 5.41) is 3.47. The van der Waals surface area contributed by atoms with Gasteiger partial charge in [0.1, 0.15) is 5.82 Å². The Hall–Kier alpha value is -1.19. The van der Waals surface area contributed by atoms with Crippen LogP contribution in [0.2, 0.25) is 0 Å². The highest BCUT2D eigenvalue weighted by Gasteiger charge is 2.08. The van der Waals surface area contributed by atoms with E-state index in [1.54, 1.807) is 11.3 Å². The van der Waals surface area contributed by atoms with Gasteiger partial charge < -0.3 is 5.32 Å². The molecule has 1 aromatic carbocycles. The van der Waals surface area contributed by atoms with Gasteiger partial charge in [-0.3, -0.25) is 0 Å². The van der Waals surface area contributed by atoms with Gasteiger partial charge in [0.25, 0.3) is 0 Å². The number of benzene rings is 1. The summed E-state index contributed by atoms with van der Waals surface area (Å²) < 4.78 is 12.9. The quantitative estimate of drug-likeness (QED) is 0.830. The highest BCUT2D eigenvalue weighted by atomic mass is 32.1. The van der Waals surface area contributed by atoms with E-state index in [-0.39, 0.29) is 5.82 Å². The summed E-state index contributed by atoms with van der Waals surface area (Å²) in [6.45, 7) is 5.37. The van der Waals surface area contributed by atoms with Crippen molar-refractivity contribution in [1.82, 2.24) is 5.32 Å². The van der Waals surface area contributed by atoms with Crippen molar-refractivity contribution in [2.24, 2.45) is 0 Å². The van der Waals surface area contributed by atoms with Crippen molar-refractivity contribution in [3.8, 4) is 10.4 Å². The Bertz CT molecular complexity index is 489. The standard InChI is InChI=1S/C15H18FNS/c1-3-10-17-11(2)14-8-9-15(18-14)12-4-6-13(16)7-5-12/h4-9,11,17H,3,10H2,1-2H3. The van der Waals surface area contributed by atoms with Gasteiger partial charge in [-0.25, -0.2) is 4.39 Å². The minimum absolute atomic E-state index is 0.187. The van der Waals surface area contributed by atoms with E-state index in [4.69, 9.17) is 0 Å². The summed E-state index contributed by atoms with van der Waals surface area (Å²) in [7, 11) is 0. The number of nitrogens with one attached hydrogen (secondary N) is 1. The van der Waals surface area contributed by atoms with Gasteiger partial charge in [-0.15, -0.1) is 11.3 Å². The van der Waals surface area contributed by atoms with Crippen LogP contribution in [-0.2, 0) is 0 Å². The zero-order chi connectivity index (χ0) is 13.0. The molecule has 0 radical (unpaired) electrons. The number of rotatable bonds is 5. The predicted octanol–water partition coefficient (Wildman–Crippen LogP) is 4.61. The van der Waals surface area contributed by atoms with Gasteiger partial charge in [0, 0.05) is 15.8 Å². The molecule has 0 spiro atoms. The van der Waals surface area contributed by atoms with Crippen LogP contribution in [-0.4, -0.2) is 6.54 Å². The maximum Gasteiger partial charge on any atom is 0.123 e. The second-order valence-corrected chi connectivity index (χ2v) is 5.50. The molecule has 3 heteroatoms. The van der Waals surface area contributed by atoms with E-state index in [0.29, 0.717) is 6.04 Å². The smallest absolute Gasteiger partial charge is 0.123 e. The minimum Gasteiger partial charge on any atom is -0.309 e. The number of thiophene rings is 1. The average molecular weight is 263 g/mol. The summed E-state index contributed by atoms with van der Waals surface area (Å²) >= 11 is 1.77. The molecular formula is C15H18FNS. The zero-order valence-corrected chi connectivity index (χ0v) is 11.6. The molecule has 2 aromatic rings. The molecule has 0 fully saturated rings. The molecule has 0 saturated carbocycles. The second-order valence-electron chi connectivity index (χ2n) is 4.38. The third-order valence-electron chi connectivity index (χ3n) is 2.88. The highest BCUT2D eigenvalue weighted by molar-refractivity contribution is 7.15. The molecule has 1 nitrogen and oxygen atoms in total. The summed E-state index contributed by atoms with van der Waals surface area (Å²) in [6.07, 6.45) is 1.14. The van der Waals surface area contributed by atoms with Crippen LogP contribution in [0, 0.1) is 5.82 Å². The molecule has 1 unspecified atom stereocenters. The zero-order valence-electron chi connectivity index (χ0n) is 10.7. The first kappa shape index (κ1) is 13.2. The lowest BCUT2D eigenvalue weighted by molar-refractivity contribution is 0.578. The number of hydrogen-bond donors (Lipinski definition) is 1. The molecule has 1 atom stereocenters. The van der Waals surface area contributed by atoms with Crippen LogP contribution in [0.1, 0.15) is 31.2 Å². The lowest BCUT2D eigenvalue weighted by atomic mass is 10.2. The van der Waals surface area contributed by atoms with E-state index in [9.17, 15) is 4.39 Å². The Balaban J connectivity index is 2.12. The largest absolute Gasteiger partial charge is 0.309 e. The van der Waals surface area contributed by atoms with Crippen LogP contribution in [0.5, 0.6) is 0 Å². The van der Waals surface area contributed by atoms with E-state index >= 15 is 0 Å². The first-order valence-corrected chi connectivity index (χ1v) is 7.11. The van der Waals surface area contributed by atoms with Crippen molar-refractivity contribution in [1.29, 1.82) is 0 Å². The van der Waals surface area contributed by atoms with Gasteiger partial charge in [0.15, 0.2) is 0 Å². The van der Waals surface area contributed by atoms with E-state index in [1.807, 2.05) is 12.1 Å². The van der Waals surface area contributed by atoms with Crippen molar-refractivity contribution in [3.05, 3.63) is 47.1 Å². The summed E-state index contributed by atoms with van der Waals surface area (Å²) in [5.74, 6) is -0.187. The van der Waals surface area contributed by atoms with E-state index in [1.165, 1.54) is 21.9 Å². The molecule has 1 heterocycles. The topological polar surface area (TPSA) is 12.0 Å². The Morgan fingerprint density at radius 1 is 1.17 bits per heavy atom. The first-order chi connectivity index (χ1) is 8.70. The van der Waals surface area contributed by atoms with Crippen molar-refractivity contribution >= 4 is 11.3 Å². The van der Waals surface area contributed by atoms with Gasteiger partial charge in [-0.05, 0) is 49.7 Å². The van der Waals surface area contributed by atoms with Crippen LogP contribution in [0.3, 0.4) is 0 Å². The summed E-state index contributed by atoms with van der Waals surface area (Å²) in [6, 6.07) is 11.3. The molecule has 2 rings (SSSR count). The minimum atomic E-state index is -0.187. The number of hydrogen-bond acceptors (Lipinski definition) is 2. The molecule has 0 bridgehead atoms. The molecule has 0 aliphatic rings. The lowest BCUT2D eigenvalue weighted by Crippen LogP contribution is -2.18. The van der Waals surface area contributed by atoms with Gasteiger partial charge >= 0.3 is 0 Å². The van der Waals surface area contributed by atoms with Crippen molar-refractivity contribution in [3.63, 3.8) is 0 Å².